The van der Waals surface area contributed by atoms with E-state index >= 15 is 0 Å². The van der Waals surface area contributed by atoms with E-state index in [1.54, 1.807) is 0 Å². The van der Waals surface area contributed by atoms with E-state index in [2.05, 4.69) is 57.0 Å². The van der Waals surface area contributed by atoms with E-state index in [1.165, 1.54) is 22.7 Å². The van der Waals surface area contributed by atoms with Gasteiger partial charge in [-0.3, -0.25) is 14.7 Å². The van der Waals surface area contributed by atoms with Crippen molar-refractivity contribution >= 4 is 10.2 Å². The minimum Gasteiger partial charge on any atom is -0.279 e. The first-order valence-corrected chi connectivity index (χ1v) is 6.33. The SMILES string of the molecule is CN(C)C(CC[SiH3])(N(C)C)N(C)C. The standard InChI is InChI=1S/C9H25N3Si/c1-10(2)9(7-8-13,11(3)4)12(5)6/h7-8H2,1-6,13H3. The van der Waals surface area contributed by atoms with Crippen molar-refractivity contribution in [3.05, 3.63) is 0 Å². The molecule has 3 nitrogen and oxygen atoms in total. The molecule has 0 radical (unpaired) electrons. The van der Waals surface area contributed by atoms with Gasteiger partial charge in [-0.2, -0.15) is 0 Å². The van der Waals surface area contributed by atoms with Crippen LogP contribution in [-0.2, 0) is 0 Å². The molecule has 0 atom stereocenters. The zero-order valence-corrected chi connectivity index (χ0v) is 12.3. The average molecular weight is 203 g/mol. The first kappa shape index (κ1) is 13.1. The molecule has 0 amide bonds. The monoisotopic (exact) mass is 203 g/mol. The van der Waals surface area contributed by atoms with Crippen molar-refractivity contribution in [2.75, 3.05) is 42.3 Å². The van der Waals surface area contributed by atoms with Crippen molar-refractivity contribution < 1.29 is 0 Å². The van der Waals surface area contributed by atoms with E-state index < -0.39 is 0 Å². The highest BCUT2D eigenvalue weighted by Gasteiger charge is 2.36. The molecule has 4 heteroatoms. The minimum atomic E-state index is 0.0851. The van der Waals surface area contributed by atoms with Gasteiger partial charge >= 0.3 is 0 Å². The molecular formula is C9H25N3Si. The Hall–Kier alpha value is 0.0969. The summed E-state index contributed by atoms with van der Waals surface area (Å²) >= 11 is 0. The highest BCUT2D eigenvalue weighted by Crippen LogP contribution is 2.23. The van der Waals surface area contributed by atoms with Crippen LogP contribution in [0.4, 0.5) is 0 Å². The Morgan fingerprint density at radius 2 is 1.15 bits per heavy atom. The summed E-state index contributed by atoms with van der Waals surface area (Å²) in [5.74, 6) is 0.0851. The van der Waals surface area contributed by atoms with Gasteiger partial charge in [-0.25, -0.2) is 0 Å². The molecule has 0 aromatic carbocycles. The van der Waals surface area contributed by atoms with Crippen LogP contribution in [0.2, 0.25) is 6.04 Å². The molecule has 0 N–H and O–H groups in total. The highest BCUT2D eigenvalue weighted by molar-refractivity contribution is 6.08. The van der Waals surface area contributed by atoms with Crippen molar-refractivity contribution in [3.63, 3.8) is 0 Å². The second-order valence-corrected chi connectivity index (χ2v) is 5.21. The molecule has 0 saturated heterocycles. The van der Waals surface area contributed by atoms with Crippen LogP contribution in [0.15, 0.2) is 0 Å². The largest absolute Gasteiger partial charge is 0.279 e. The van der Waals surface area contributed by atoms with Gasteiger partial charge in [0.1, 0.15) is 5.79 Å². The van der Waals surface area contributed by atoms with Crippen molar-refractivity contribution in [1.29, 1.82) is 0 Å². The maximum absolute atomic E-state index is 2.30. The van der Waals surface area contributed by atoms with E-state index in [4.69, 9.17) is 0 Å². The van der Waals surface area contributed by atoms with Crippen LogP contribution in [0.1, 0.15) is 6.42 Å². The molecule has 13 heavy (non-hydrogen) atoms. The van der Waals surface area contributed by atoms with E-state index in [9.17, 15) is 0 Å². The van der Waals surface area contributed by atoms with Gasteiger partial charge in [-0.1, -0.05) is 6.04 Å². The number of hydrogen-bond donors (Lipinski definition) is 0. The smallest absolute Gasteiger partial charge is 0.129 e. The molecule has 0 aliphatic heterocycles. The Morgan fingerprint density at radius 1 is 0.846 bits per heavy atom. The number of rotatable bonds is 5. The second-order valence-electron chi connectivity index (χ2n) is 4.21. The molecule has 0 aliphatic rings. The van der Waals surface area contributed by atoms with Crippen molar-refractivity contribution in [2.45, 2.75) is 18.3 Å². The summed E-state index contributed by atoms with van der Waals surface area (Å²) in [4.78, 5) is 6.89. The van der Waals surface area contributed by atoms with Gasteiger partial charge in [0.15, 0.2) is 0 Å². The zero-order valence-electron chi connectivity index (χ0n) is 10.3. The quantitative estimate of drug-likeness (QED) is 0.441. The molecule has 0 aromatic rings. The van der Waals surface area contributed by atoms with Gasteiger partial charge in [0.25, 0.3) is 0 Å². The Morgan fingerprint density at radius 3 is 1.23 bits per heavy atom. The molecule has 0 unspecified atom stereocenters. The predicted molar refractivity (Wildman–Crippen MR) is 63.2 cm³/mol. The van der Waals surface area contributed by atoms with E-state index in [-0.39, 0.29) is 5.79 Å². The van der Waals surface area contributed by atoms with Gasteiger partial charge in [0, 0.05) is 10.2 Å². The first-order valence-electron chi connectivity index (χ1n) is 4.91. The molecule has 0 fully saturated rings. The highest BCUT2D eigenvalue weighted by atomic mass is 28.1. The van der Waals surface area contributed by atoms with Gasteiger partial charge in [0.2, 0.25) is 0 Å². The predicted octanol–water partition coefficient (Wildman–Crippen LogP) is -0.501. The molecule has 0 spiro atoms. The number of hydrogen-bond acceptors (Lipinski definition) is 3. The van der Waals surface area contributed by atoms with Gasteiger partial charge in [-0.05, 0) is 48.7 Å². The summed E-state index contributed by atoms with van der Waals surface area (Å²) in [7, 11) is 14.2. The Bertz CT molecular complexity index is 124. The van der Waals surface area contributed by atoms with E-state index in [0.29, 0.717) is 0 Å². The third-order valence-corrected chi connectivity index (χ3v) is 3.23. The molecular weight excluding hydrogens is 178 g/mol. The van der Waals surface area contributed by atoms with Gasteiger partial charge in [-0.15, -0.1) is 0 Å². The maximum atomic E-state index is 2.30. The van der Waals surface area contributed by atoms with E-state index in [0.717, 1.165) is 0 Å². The fourth-order valence-corrected chi connectivity index (χ4v) is 2.88. The third-order valence-electron chi connectivity index (χ3n) is 2.73. The Kier molecular flexibility index (Phi) is 5.13. The fourth-order valence-electron chi connectivity index (χ4n) is 2.21. The van der Waals surface area contributed by atoms with Crippen LogP contribution < -0.4 is 0 Å². The summed E-state index contributed by atoms with van der Waals surface area (Å²) < 4.78 is 0. The Labute approximate surface area is 86.1 Å². The van der Waals surface area contributed by atoms with Gasteiger partial charge in [0.05, 0.1) is 0 Å². The minimum absolute atomic E-state index is 0.0851. The summed E-state index contributed by atoms with van der Waals surface area (Å²) in [6, 6.07) is 1.33. The van der Waals surface area contributed by atoms with Crippen LogP contribution in [0.5, 0.6) is 0 Å². The van der Waals surface area contributed by atoms with Crippen LogP contribution in [0.3, 0.4) is 0 Å². The van der Waals surface area contributed by atoms with Crippen LogP contribution in [-0.4, -0.2) is 73.0 Å². The summed E-state index contributed by atoms with van der Waals surface area (Å²) in [5.41, 5.74) is 0. The molecule has 0 bridgehead atoms. The topological polar surface area (TPSA) is 9.72 Å². The molecule has 0 aromatic heterocycles. The molecule has 0 saturated carbocycles. The van der Waals surface area contributed by atoms with E-state index in [1.807, 2.05) is 0 Å². The molecule has 0 rings (SSSR count). The summed E-state index contributed by atoms with van der Waals surface area (Å²) in [6.07, 6.45) is 1.21. The summed E-state index contributed by atoms with van der Waals surface area (Å²) in [6.45, 7) is 0. The summed E-state index contributed by atoms with van der Waals surface area (Å²) in [5, 5.41) is 0. The average Bonchev–Trinajstić information content (AvgIpc) is 1.97. The lowest BCUT2D eigenvalue weighted by atomic mass is 10.2. The number of nitrogens with zero attached hydrogens (tertiary/aromatic N) is 3. The fraction of sp³-hybridized carbons (Fsp3) is 1.00. The normalized spacial score (nSPS) is 13.6. The zero-order chi connectivity index (χ0) is 10.6. The van der Waals surface area contributed by atoms with Crippen LogP contribution in [0.25, 0.3) is 0 Å². The Balaban J connectivity index is 4.82. The second kappa shape index (κ2) is 5.10. The van der Waals surface area contributed by atoms with Crippen molar-refractivity contribution in [2.24, 2.45) is 0 Å². The van der Waals surface area contributed by atoms with Crippen LogP contribution in [0, 0.1) is 0 Å². The third kappa shape index (κ3) is 2.53. The lowest BCUT2D eigenvalue weighted by molar-refractivity contribution is -0.110. The van der Waals surface area contributed by atoms with Crippen molar-refractivity contribution in [3.8, 4) is 0 Å². The lowest BCUT2D eigenvalue weighted by Gasteiger charge is -2.49. The maximum Gasteiger partial charge on any atom is 0.129 e. The molecule has 0 heterocycles. The van der Waals surface area contributed by atoms with Crippen LogP contribution >= 0.6 is 0 Å². The molecule has 80 valence electrons. The first-order chi connectivity index (χ1) is 5.89. The lowest BCUT2D eigenvalue weighted by Crippen LogP contribution is -2.63. The molecule has 0 aliphatic carbocycles. The van der Waals surface area contributed by atoms with Gasteiger partial charge < -0.3 is 0 Å². The van der Waals surface area contributed by atoms with Crippen molar-refractivity contribution in [1.82, 2.24) is 14.7 Å².